The number of nitrogens with zero attached hydrogens (tertiary/aromatic N) is 2. The van der Waals surface area contributed by atoms with E-state index in [9.17, 15) is 9.59 Å². The monoisotopic (exact) mass is 442 g/mol. The molecule has 1 aliphatic heterocycles. The van der Waals surface area contributed by atoms with Crippen LogP contribution in [0.3, 0.4) is 0 Å². The second-order valence-corrected chi connectivity index (χ2v) is 8.76. The van der Waals surface area contributed by atoms with Crippen molar-refractivity contribution < 1.29 is 9.59 Å². The number of benzene rings is 2. The molecule has 170 valence electrons. The smallest absolute Gasteiger partial charge is 0.257 e. The lowest BCUT2D eigenvalue weighted by Crippen LogP contribution is -2.45. The molecule has 2 aromatic carbocycles. The van der Waals surface area contributed by atoms with Gasteiger partial charge in [0.1, 0.15) is 5.82 Å². The fourth-order valence-corrected chi connectivity index (χ4v) is 4.71. The standard InChI is InChI=1S/C27H30N4O2/c1-3-29-26(33)27(13-15-31(18-27)25(32)23-12-7-14-30-24(23)28)17-21-9-4-5-11-22(21)20-10-6-8-19(2)16-20/h4-12,14,16H,3,13,15,17-18H2,1-2H3,(H2,28,30)(H,29,33). The van der Waals surface area contributed by atoms with E-state index < -0.39 is 5.41 Å². The number of amides is 2. The van der Waals surface area contributed by atoms with Gasteiger partial charge < -0.3 is 16.0 Å². The average Bonchev–Trinajstić information content (AvgIpc) is 3.25. The Bertz CT molecular complexity index is 1180. The molecule has 0 saturated carbocycles. The van der Waals surface area contributed by atoms with Gasteiger partial charge in [0.15, 0.2) is 0 Å². The van der Waals surface area contributed by atoms with E-state index in [1.807, 2.05) is 19.1 Å². The number of likely N-dealkylation sites (tertiary alicyclic amines) is 1. The Morgan fingerprint density at radius 2 is 1.94 bits per heavy atom. The van der Waals surface area contributed by atoms with Crippen LogP contribution in [-0.4, -0.2) is 41.3 Å². The minimum absolute atomic E-state index is 0.0153. The van der Waals surface area contributed by atoms with E-state index >= 15 is 0 Å². The first-order valence-electron chi connectivity index (χ1n) is 11.4. The normalized spacial score (nSPS) is 17.7. The third-order valence-corrected chi connectivity index (χ3v) is 6.40. The van der Waals surface area contributed by atoms with E-state index in [0.29, 0.717) is 38.0 Å². The number of carbonyl (C=O) groups is 2. The predicted molar refractivity (Wildman–Crippen MR) is 131 cm³/mol. The summed E-state index contributed by atoms with van der Waals surface area (Å²) in [4.78, 5) is 32.3. The van der Waals surface area contributed by atoms with Crippen molar-refractivity contribution in [3.8, 4) is 11.1 Å². The van der Waals surface area contributed by atoms with Crippen LogP contribution in [0.2, 0.25) is 0 Å². The number of aromatic nitrogens is 1. The maximum atomic E-state index is 13.4. The van der Waals surface area contributed by atoms with Crippen LogP contribution in [0.1, 0.15) is 34.8 Å². The van der Waals surface area contributed by atoms with E-state index in [1.165, 1.54) is 5.56 Å². The second-order valence-electron chi connectivity index (χ2n) is 8.76. The molecule has 1 unspecified atom stereocenters. The van der Waals surface area contributed by atoms with Gasteiger partial charge >= 0.3 is 0 Å². The van der Waals surface area contributed by atoms with Crippen LogP contribution in [0.15, 0.2) is 66.9 Å². The van der Waals surface area contributed by atoms with E-state index in [0.717, 1.165) is 16.7 Å². The van der Waals surface area contributed by atoms with Crippen molar-refractivity contribution in [2.75, 3.05) is 25.4 Å². The number of aryl methyl sites for hydroxylation is 1. The van der Waals surface area contributed by atoms with Gasteiger partial charge in [0.25, 0.3) is 5.91 Å². The molecule has 3 aromatic rings. The molecule has 6 nitrogen and oxygen atoms in total. The van der Waals surface area contributed by atoms with E-state index in [1.54, 1.807) is 23.2 Å². The lowest BCUT2D eigenvalue weighted by atomic mass is 9.78. The SMILES string of the molecule is CCNC(=O)C1(Cc2ccccc2-c2cccc(C)c2)CCN(C(=O)c2cccnc2N)C1. The van der Waals surface area contributed by atoms with Gasteiger partial charge in [0.2, 0.25) is 5.91 Å². The quantitative estimate of drug-likeness (QED) is 0.607. The number of nitrogens with one attached hydrogen (secondary N) is 1. The summed E-state index contributed by atoms with van der Waals surface area (Å²) < 4.78 is 0. The van der Waals surface area contributed by atoms with Crippen LogP contribution in [0.4, 0.5) is 5.82 Å². The first-order valence-corrected chi connectivity index (χ1v) is 11.4. The van der Waals surface area contributed by atoms with Crippen LogP contribution in [0, 0.1) is 12.3 Å². The molecule has 4 rings (SSSR count). The molecule has 0 aliphatic carbocycles. The maximum absolute atomic E-state index is 13.4. The van der Waals surface area contributed by atoms with Gasteiger partial charge in [-0.3, -0.25) is 9.59 Å². The van der Waals surface area contributed by atoms with Crippen LogP contribution in [0.5, 0.6) is 0 Å². The zero-order valence-corrected chi connectivity index (χ0v) is 19.2. The third kappa shape index (κ3) is 4.60. The minimum Gasteiger partial charge on any atom is -0.383 e. The lowest BCUT2D eigenvalue weighted by molar-refractivity contribution is -0.130. The highest BCUT2D eigenvalue weighted by molar-refractivity contribution is 5.99. The maximum Gasteiger partial charge on any atom is 0.257 e. The number of nitrogens with two attached hydrogens (primary N) is 1. The fraction of sp³-hybridized carbons (Fsp3) is 0.296. The van der Waals surface area contributed by atoms with E-state index in [2.05, 4.69) is 53.6 Å². The Morgan fingerprint density at radius 1 is 1.12 bits per heavy atom. The molecule has 0 radical (unpaired) electrons. The summed E-state index contributed by atoms with van der Waals surface area (Å²) in [7, 11) is 0. The van der Waals surface area contributed by atoms with Crippen molar-refractivity contribution in [3.05, 3.63) is 83.6 Å². The molecule has 2 amide bonds. The summed E-state index contributed by atoms with van der Waals surface area (Å²) in [5, 5.41) is 3.01. The summed E-state index contributed by atoms with van der Waals surface area (Å²) in [6.07, 6.45) is 2.71. The molecule has 2 heterocycles. The highest BCUT2D eigenvalue weighted by Crippen LogP contribution is 2.38. The first-order chi connectivity index (χ1) is 15.9. The molecule has 3 N–H and O–H groups in total. The molecule has 0 bridgehead atoms. The zero-order chi connectivity index (χ0) is 23.4. The molecular weight excluding hydrogens is 412 g/mol. The molecule has 33 heavy (non-hydrogen) atoms. The van der Waals surface area contributed by atoms with Gasteiger partial charge in [-0.05, 0) is 55.5 Å². The van der Waals surface area contributed by atoms with Gasteiger partial charge in [-0.15, -0.1) is 0 Å². The summed E-state index contributed by atoms with van der Waals surface area (Å²) >= 11 is 0. The van der Waals surface area contributed by atoms with E-state index in [4.69, 9.17) is 5.73 Å². The summed E-state index contributed by atoms with van der Waals surface area (Å²) in [6, 6.07) is 20.0. The van der Waals surface area contributed by atoms with Crippen LogP contribution in [0.25, 0.3) is 11.1 Å². The second kappa shape index (κ2) is 9.45. The van der Waals surface area contributed by atoms with Crippen molar-refractivity contribution in [2.24, 2.45) is 5.41 Å². The minimum atomic E-state index is -0.706. The van der Waals surface area contributed by atoms with Crippen molar-refractivity contribution in [1.29, 1.82) is 0 Å². The van der Waals surface area contributed by atoms with Gasteiger partial charge in [0.05, 0.1) is 11.0 Å². The molecule has 1 saturated heterocycles. The van der Waals surface area contributed by atoms with Crippen LogP contribution >= 0.6 is 0 Å². The fourth-order valence-electron chi connectivity index (χ4n) is 4.71. The van der Waals surface area contributed by atoms with Crippen molar-refractivity contribution >= 4 is 17.6 Å². The van der Waals surface area contributed by atoms with Crippen molar-refractivity contribution in [3.63, 3.8) is 0 Å². The molecular formula is C27H30N4O2. The predicted octanol–water partition coefficient (Wildman–Crippen LogP) is 3.85. The molecule has 0 spiro atoms. The topological polar surface area (TPSA) is 88.3 Å². The van der Waals surface area contributed by atoms with Crippen molar-refractivity contribution in [2.45, 2.75) is 26.7 Å². The summed E-state index contributed by atoms with van der Waals surface area (Å²) in [5.74, 6) is 0.0139. The van der Waals surface area contributed by atoms with Gasteiger partial charge in [-0.2, -0.15) is 0 Å². The summed E-state index contributed by atoms with van der Waals surface area (Å²) in [5.41, 5.74) is 10.2. The number of hydrogen-bond acceptors (Lipinski definition) is 4. The number of carbonyl (C=O) groups excluding carboxylic acids is 2. The van der Waals surface area contributed by atoms with Crippen molar-refractivity contribution in [1.82, 2.24) is 15.2 Å². The summed E-state index contributed by atoms with van der Waals surface area (Å²) in [6.45, 7) is 5.38. The zero-order valence-electron chi connectivity index (χ0n) is 19.2. The van der Waals surface area contributed by atoms with E-state index in [-0.39, 0.29) is 17.6 Å². The number of pyridine rings is 1. The number of anilines is 1. The Labute approximate surface area is 194 Å². The Balaban J connectivity index is 1.67. The Morgan fingerprint density at radius 3 is 2.70 bits per heavy atom. The average molecular weight is 443 g/mol. The number of nitrogen functional groups attached to an aromatic ring is 1. The Kier molecular flexibility index (Phi) is 6.45. The lowest BCUT2D eigenvalue weighted by Gasteiger charge is -2.29. The van der Waals surface area contributed by atoms with Gasteiger partial charge in [-0.25, -0.2) is 4.98 Å². The van der Waals surface area contributed by atoms with Gasteiger partial charge in [0, 0.05) is 25.8 Å². The number of rotatable bonds is 6. The largest absolute Gasteiger partial charge is 0.383 e. The van der Waals surface area contributed by atoms with Gasteiger partial charge in [-0.1, -0.05) is 54.1 Å². The molecule has 1 aliphatic rings. The highest BCUT2D eigenvalue weighted by Gasteiger charge is 2.46. The third-order valence-electron chi connectivity index (χ3n) is 6.40. The van der Waals surface area contributed by atoms with Crippen LogP contribution in [-0.2, 0) is 11.2 Å². The first kappa shape index (κ1) is 22.5. The molecule has 1 fully saturated rings. The molecule has 6 heteroatoms. The highest BCUT2D eigenvalue weighted by atomic mass is 16.2. The molecule has 1 atom stereocenters. The Hall–Kier alpha value is -3.67. The van der Waals surface area contributed by atoms with Crippen LogP contribution < -0.4 is 11.1 Å². The number of hydrogen-bond donors (Lipinski definition) is 2. The molecule has 1 aromatic heterocycles.